The molecule has 5 aromatic rings. The van der Waals surface area contributed by atoms with E-state index in [1.807, 2.05) is 89.6 Å². The normalized spacial score (nSPS) is 18.6. The molecule has 0 bridgehead atoms. The van der Waals surface area contributed by atoms with Crippen molar-refractivity contribution in [3.63, 3.8) is 0 Å². The topological polar surface area (TPSA) is 179 Å². The minimum absolute atomic E-state index is 0.0192. The monoisotopic (exact) mass is 849 g/mol. The Bertz CT molecular complexity index is 2330. The van der Waals surface area contributed by atoms with Crippen LogP contribution in [0.15, 0.2) is 60.1 Å². The van der Waals surface area contributed by atoms with E-state index in [0.29, 0.717) is 29.0 Å². The number of carbonyl (C=O) groups is 3. The number of ketones is 1. The number of benzene rings is 2. The van der Waals surface area contributed by atoms with Crippen molar-refractivity contribution in [3.05, 3.63) is 71.4 Å². The summed E-state index contributed by atoms with van der Waals surface area (Å²) < 4.78 is 2.05. The van der Waals surface area contributed by atoms with Crippen LogP contribution in [0.1, 0.15) is 96.0 Å². The highest BCUT2D eigenvalue weighted by Gasteiger charge is 2.46. The number of hydrogen-bond acceptors (Lipinski definition) is 12. The van der Waals surface area contributed by atoms with E-state index in [0.717, 1.165) is 72.5 Å². The lowest BCUT2D eigenvalue weighted by molar-refractivity contribution is -0.149. The molecule has 324 valence electrons. The maximum absolute atomic E-state index is 14.2. The molecule has 2 fully saturated rings. The minimum Gasteiger partial charge on any atom is -0.507 e. The van der Waals surface area contributed by atoms with E-state index in [9.17, 15) is 24.6 Å². The van der Waals surface area contributed by atoms with Crippen molar-refractivity contribution < 1.29 is 24.6 Å². The zero-order valence-electron chi connectivity index (χ0n) is 36.1. The van der Waals surface area contributed by atoms with Gasteiger partial charge in [0, 0.05) is 45.1 Å². The second-order valence-electron chi connectivity index (χ2n) is 17.7. The molecule has 3 aromatic heterocycles. The summed E-state index contributed by atoms with van der Waals surface area (Å²) in [5, 5.41) is 41.1. The molecule has 7 rings (SSSR count). The molecule has 2 aliphatic rings. The number of nitrogens with zero attached hydrogens (tertiary/aromatic N) is 7. The number of nitrogens with one attached hydrogen (secondary N) is 2. The summed E-state index contributed by atoms with van der Waals surface area (Å²) in [6.07, 6.45) is 3.87. The third kappa shape index (κ3) is 9.79. The van der Waals surface area contributed by atoms with Gasteiger partial charge in [0.25, 0.3) is 0 Å². The van der Waals surface area contributed by atoms with Crippen molar-refractivity contribution >= 4 is 45.8 Å². The predicted molar refractivity (Wildman–Crippen MR) is 238 cm³/mol. The molecular formula is C46H59N9O5S. The van der Waals surface area contributed by atoms with Crippen molar-refractivity contribution in [2.75, 3.05) is 38.5 Å². The summed E-state index contributed by atoms with van der Waals surface area (Å²) >= 11 is 1.59. The molecule has 61 heavy (non-hydrogen) atoms. The van der Waals surface area contributed by atoms with E-state index in [1.54, 1.807) is 23.5 Å². The molecule has 0 saturated carbocycles. The molecule has 0 radical (unpaired) electrons. The number of aromatic hydroxyl groups is 1. The summed E-state index contributed by atoms with van der Waals surface area (Å²) in [6.45, 7) is 12.3. The van der Waals surface area contributed by atoms with Crippen LogP contribution in [-0.2, 0) is 14.4 Å². The first-order valence-electron chi connectivity index (χ1n) is 21.5. The van der Waals surface area contributed by atoms with E-state index in [2.05, 4.69) is 35.4 Å². The van der Waals surface area contributed by atoms with Gasteiger partial charge in [-0.2, -0.15) is 5.10 Å². The van der Waals surface area contributed by atoms with Crippen LogP contribution in [0.2, 0.25) is 0 Å². The number of unbranched alkanes of at least 4 members (excludes halogenated alkanes) is 2. The average Bonchev–Trinajstić information content (AvgIpc) is 3.96. The van der Waals surface area contributed by atoms with Crippen LogP contribution in [-0.4, -0.2) is 108 Å². The van der Waals surface area contributed by atoms with E-state index >= 15 is 0 Å². The van der Waals surface area contributed by atoms with Gasteiger partial charge in [-0.15, -0.1) is 21.5 Å². The summed E-state index contributed by atoms with van der Waals surface area (Å²) in [5.41, 5.74) is 6.92. The number of aryl methyl sites for hydroxylation is 1. The second-order valence-corrected chi connectivity index (χ2v) is 18.5. The van der Waals surface area contributed by atoms with Crippen LogP contribution in [0.5, 0.6) is 5.75 Å². The molecule has 4 atom stereocenters. The van der Waals surface area contributed by atoms with Crippen LogP contribution in [0.4, 0.5) is 5.82 Å². The lowest BCUT2D eigenvalue weighted by Gasteiger charge is -2.34. The minimum atomic E-state index is -0.922. The Morgan fingerprint density at radius 1 is 1.00 bits per heavy atom. The molecule has 4 N–H and O–H groups in total. The highest BCUT2D eigenvalue weighted by Crippen LogP contribution is 2.35. The number of β-amino-alcohol motifs (C(OH)–C–C–N with tert-alkyl or cyclic N) is 1. The Balaban J connectivity index is 0.893. The number of rotatable bonds is 15. The van der Waals surface area contributed by atoms with Gasteiger partial charge in [0.1, 0.15) is 23.5 Å². The van der Waals surface area contributed by atoms with Crippen molar-refractivity contribution in [1.82, 2.24) is 40.1 Å². The number of Topliss-reactive ketones (excluding diaryl/α,β-unsaturated/α-hetero) is 1. The Labute approximate surface area is 361 Å². The van der Waals surface area contributed by atoms with Crippen LogP contribution >= 0.6 is 11.3 Å². The van der Waals surface area contributed by atoms with Crippen LogP contribution < -0.4 is 10.6 Å². The number of para-hydroxylation sites is 1. The SMILES string of the molecule is CNc1nn(C2CCN(CCCCCC(=O)C(C(=O)N3C[C@H](O)C[C@H]3C(=O)NC(C)c3ccc(-c4scnc4C)cc3)C(C)(C)C)CC2)c2cc(-c3ccccc3O)nnc12. The van der Waals surface area contributed by atoms with Gasteiger partial charge in [0.05, 0.1) is 45.5 Å². The van der Waals surface area contributed by atoms with Crippen molar-refractivity contribution in [2.45, 2.75) is 104 Å². The Hall–Kier alpha value is -5.25. The number of phenols is 1. The number of hydrogen-bond donors (Lipinski definition) is 4. The van der Waals surface area contributed by atoms with E-state index in [4.69, 9.17) is 5.10 Å². The van der Waals surface area contributed by atoms with Crippen LogP contribution in [0, 0.1) is 18.3 Å². The Morgan fingerprint density at radius 3 is 2.41 bits per heavy atom. The van der Waals surface area contributed by atoms with Gasteiger partial charge in [-0.25, -0.2) is 4.98 Å². The number of anilines is 1. The number of likely N-dealkylation sites (tertiary alicyclic amines) is 2. The summed E-state index contributed by atoms with van der Waals surface area (Å²) in [7, 11) is 1.83. The van der Waals surface area contributed by atoms with Gasteiger partial charge in [-0.1, -0.05) is 63.6 Å². The molecule has 2 aromatic carbocycles. The van der Waals surface area contributed by atoms with Crippen molar-refractivity contribution in [1.29, 1.82) is 0 Å². The summed E-state index contributed by atoms with van der Waals surface area (Å²) in [4.78, 5) is 51.1. The second kappa shape index (κ2) is 18.8. The van der Waals surface area contributed by atoms with Gasteiger partial charge in [-0.3, -0.25) is 19.1 Å². The third-order valence-electron chi connectivity index (χ3n) is 12.2. The maximum atomic E-state index is 14.2. The first-order valence-corrected chi connectivity index (χ1v) is 22.4. The molecule has 0 aliphatic carbocycles. The number of aliphatic hydroxyl groups excluding tert-OH is 1. The third-order valence-corrected chi connectivity index (χ3v) is 13.2. The van der Waals surface area contributed by atoms with Crippen molar-refractivity contribution in [2.24, 2.45) is 11.3 Å². The van der Waals surface area contributed by atoms with Gasteiger partial charge in [0.15, 0.2) is 11.3 Å². The summed E-state index contributed by atoms with van der Waals surface area (Å²) in [5.74, 6) is -0.936. The number of piperidine rings is 1. The Morgan fingerprint density at radius 2 is 1.74 bits per heavy atom. The first kappa shape index (κ1) is 43.8. The van der Waals surface area contributed by atoms with Crippen LogP contribution in [0.3, 0.4) is 0 Å². The number of aromatic nitrogens is 5. The number of fused-ring (bicyclic) bond motifs is 1. The molecule has 2 amide bonds. The number of carbonyl (C=O) groups excluding carboxylic acids is 3. The number of amides is 2. The largest absolute Gasteiger partial charge is 0.507 e. The standard InChI is InChI=1S/C46H59N9O5S/c1-28(30-15-17-31(18-16-30)42-29(2)48-27-61-42)49-44(59)37-24-33(56)26-54(37)45(60)40(46(3,4)5)39(58)14-8-7-11-21-53-22-19-32(20-23-53)55-36-25-35(34-12-9-10-13-38(34)57)50-51-41(36)43(47-6)52-55/h9-10,12-13,15-18,25,27-28,32-33,37,40,56-57H,7-8,11,14,19-24,26H2,1-6H3,(H,47,52)(H,49,59)/t28?,33-,37+,40?/m1/s1. The van der Waals surface area contributed by atoms with E-state index in [-0.39, 0.29) is 54.8 Å². The lowest BCUT2D eigenvalue weighted by atomic mass is 9.76. The molecular weight excluding hydrogens is 791 g/mol. The zero-order chi connectivity index (χ0) is 43.4. The molecule has 2 saturated heterocycles. The molecule has 2 unspecified atom stereocenters. The molecule has 14 nitrogen and oxygen atoms in total. The number of aliphatic hydroxyl groups is 1. The van der Waals surface area contributed by atoms with Gasteiger partial charge < -0.3 is 30.6 Å². The molecule has 5 heterocycles. The molecule has 0 spiro atoms. The van der Waals surface area contributed by atoms with E-state index in [1.165, 1.54) is 4.90 Å². The van der Waals surface area contributed by atoms with Crippen molar-refractivity contribution in [3.8, 4) is 27.4 Å². The van der Waals surface area contributed by atoms with Gasteiger partial charge in [-0.05, 0) is 80.8 Å². The van der Waals surface area contributed by atoms with E-state index < -0.39 is 23.5 Å². The van der Waals surface area contributed by atoms with Gasteiger partial charge >= 0.3 is 0 Å². The average molecular weight is 850 g/mol. The zero-order valence-corrected chi connectivity index (χ0v) is 36.9. The molecule has 2 aliphatic heterocycles. The highest BCUT2D eigenvalue weighted by molar-refractivity contribution is 7.13. The molecule has 15 heteroatoms. The quantitative estimate of drug-likeness (QED) is 0.0634. The smallest absolute Gasteiger partial charge is 0.243 e. The maximum Gasteiger partial charge on any atom is 0.243 e. The van der Waals surface area contributed by atoms with Gasteiger partial charge in [0.2, 0.25) is 11.8 Å². The fraction of sp³-hybridized carbons (Fsp3) is 0.500. The first-order chi connectivity index (χ1) is 29.2. The number of thiazole rings is 1. The number of phenolic OH excluding ortho intramolecular Hbond substituents is 1. The highest BCUT2D eigenvalue weighted by atomic mass is 32.1. The lowest BCUT2D eigenvalue weighted by Crippen LogP contribution is -2.51. The van der Waals surface area contributed by atoms with Crippen LogP contribution in [0.25, 0.3) is 32.7 Å². The fourth-order valence-electron chi connectivity index (χ4n) is 8.90. The Kier molecular flexibility index (Phi) is 13.5. The summed E-state index contributed by atoms with van der Waals surface area (Å²) in [6, 6.07) is 16.1. The predicted octanol–water partition coefficient (Wildman–Crippen LogP) is 6.94. The fourth-order valence-corrected chi connectivity index (χ4v) is 9.72.